The largest absolute Gasteiger partial charge is 0.342 e. The standard InChI is InChI=1S/C20H23FN4O/c1-20(2,3)18(22)19(26)23-13-8-9-15-16(11-13)25-17(24-15)10-12-6-4-5-7-14(12)21/h4-9,11,18H,10,22H2,1-3H3,(H,23,26)(H,24,25)/t18-/m1/s1. The summed E-state index contributed by atoms with van der Waals surface area (Å²) in [7, 11) is 0. The van der Waals surface area contributed by atoms with E-state index in [0.29, 0.717) is 23.5 Å². The van der Waals surface area contributed by atoms with Crippen molar-refractivity contribution in [1.29, 1.82) is 0 Å². The van der Waals surface area contributed by atoms with Crippen LogP contribution in [0, 0.1) is 11.2 Å². The van der Waals surface area contributed by atoms with Gasteiger partial charge in [0.2, 0.25) is 5.91 Å². The third-order valence-electron chi connectivity index (χ3n) is 4.33. The molecule has 1 heterocycles. The monoisotopic (exact) mass is 354 g/mol. The number of H-pyrrole nitrogens is 1. The summed E-state index contributed by atoms with van der Waals surface area (Å²) < 4.78 is 13.8. The van der Waals surface area contributed by atoms with E-state index in [2.05, 4.69) is 15.3 Å². The molecule has 0 aliphatic rings. The van der Waals surface area contributed by atoms with E-state index >= 15 is 0 Å². The summed E-state index contributed by atoms with van der Waals surface area (Å²) in [6, 6.07) is 11.4. The highest BCUT2D eigenvalue weighted by molar-refractivity contribution is 5.96. The first kappa shape index (κ1) is 18.1. The second kappa shape index (κ2) is 6.88. The van der Waals surface area contributed by atoms with E-state index in [1.54, 1.807) is 30.3 Å². The lowest BCUT2D eigenvalue weighted by molar-refractivity contribution is -0.119. The van der Waals surface area contributed by atoms with Crippen LogP contribution in [0.4, 0.5) is 10.1 Å². The van der Waals surface area contributed by atoms with Crippen LogP contribution in [0.25, 0.3) is 11.0 Å². The molecule has 6 heteroatoms. The minimum atomic E-state index is -0.614. The van der Waals surface area contributed by atoms with Crippen molar-refractivity contribution in [3.8, 4) is 0 Å². The van der Waals surface area contributed by atoms with Gasteiger partial charge in [-0.25, -0.2) is 9.37 Å². The van der Waals surface area contributed by atoms with Gasteiger partial charge in [0.15, 0.2) is 0 Å². The molecule has 1 atom stereocenters. The fourth-order valence-electron chi connectivity index (χ4n) is 2.66. The van der Waals surface area contributed by atoms with Crippen LogP contribution in [-0.4, -0.2) is 21.9 Å². The molecule has 0 saturated heterocycles. The molecule has 0 aliphatic carbocycles. The zero-order valence-electron chi connectivity index (χ0n) is 15.1. The van der Waals surface area contributed by atoms with Crippen LogP contribution >= 0.6 is 0 Å². The van der Waals surface area contributed by atoms with Crippen molar-refractivity contribution in [1.82, 2.24) is 9.97 Å². The molecule has 26 heavy (non-hydrogen) atoms. The number of hydrogen-bond acceptors (Lipinski definition) is 3. The summed E-state index contributed by atoms with van der Waals surface area (Å²) in [5, 5.41) is 2.84. The second-order valence-electron chi connectivity index (χ2n) is 7.52. The van der Waals surface area contributed by atoms with E-state index in [1.807, 2.05) is 26.8 Å². The van der Waals surface area contributed by atoms with Crippen molar-refractivity contribution < 1.29 is 9.18 Å². The van der Waals surface area contributed by atoms with Gasteiger partial charge in [-0.2, -0.15) is 0 Å². The van der Waals surface area contributed by atoms with Crippen LogP contribution in [0.5, 0.6) is 0 Å². The molecule has 0 radical (unpaired) electrons. The molecular weight excluding hydrogens is 331 g/mol. The van der Waals surface area contributed by atoms with Crippen LogP contribution in [0.1, 0.15) is 32.2 Å². The number of amides is 1. The Hall–Kier alpha value is -2.73. The Balaban J connectivity index is 1.79. The summed E-state index contributed by atoms with van der Waals surface area (Å²) in [5.74, 6) is 0.181. The van der Waals surface area contributed by atoms with Crippen molar-refractivity contribution in [2.45, 2.75) is 33.2 Å². The lowest BCUT2D eigenvalue weighted by atomic mass is 9.87. The fourth-order valence-corrected chi connectivity index (χ4v) is 2.66. The Labute approximate surface area is 151 Å². The van der Waals surface area contributed by atoms with Crippen molar-refractivity contribution in [3.63, 3.8) is 0 Å². The van der Waals surface area contributed by atoms with Crippen LogP contribution in [0.3, 0.4) is 0 Å². The molecule has 0 fully saturated rings. The van der Waals surface area contributed by atoms with Gasteiger partial charge in [-0.15, -0.1) is 0 Å². The molecule has 0 bridgehead atoms. The first-order chi connectivity index (χ1) is 12.2. The first-order valence-corrected chi connectivity index (χ1v) is 8.52. The van der Waals surface area contributed by atoms with Crippen molar-refractivity contribution >= 4 is 22.6 Å². The summed E-state index contributed by atoms with van der Waals surface area (Å²) in [5.41, 5.74) is 8.42. The second-order valence-corrected chi connectivity index (χ2v) is 7.52. The van der Waals surface area contributed by atoms with E-state index < -0.39 is 6.04 Å². The maximum Gasteiger partial charge on any atom is 0.241 e. The summed E-state index contributed by atoms with van der Waals surface area (Å²) in [4.78, 5) is 19.9. The van der Waals surface area contributed by atoms with E-state index in [0.717, 1.165) is 11.0 Å². The normalized spacial score (nSPS) is 13.0. The van der Waals surface area contributed by atoms with E-state index in [9.17, 15) is 9.18 Å². The molecule has 1 aromatic heterocycles. The number of carbonyl (C=O) groups excluding carboxylic acids is 1. The lowest BCUT2D eigenvalue weighted by Gasteiger charge is -2.25. The van der Waals surface area contributed by atoms with Crippen molar-refractivity contribution in [3.05, 3.63) is 59.7 Å². The highest BCUT2D eigenvalue weighted by atomic mass is 19.1. The number of nitrogens with one attached hydrogen (secondary N) is 2. The van der Waals surface area contributed by atoms with E-state index in [4.69, 9.17) is 5.73 Å². The number of benzene rings is 2. The van der Waals surface area contributed by atoms with Gasteiger partial charge in [-0.1, -0.05) is 39.0 Å². The molecule has 0 saturated carbocycles. The smallest absolute Gasteiger partial charge is 0.241 e. The third kappa shape index (κ3) is 3.91. The summed E-state index contributed by atoms with van der Waals surface area (Å²) in [6.07, 6.45) is 0.373. The van der Waals surface area contributed by atoms with Gasteiger partial charge >= 0.3 is 0 Å². The quantitative estimate of drug-likeness (QED) is 0.669. The zero-order chi connectivity index (χ0) is 18.9. The number of carbonyl (C=O) groups is 1. The van der Waals surface area contributed by atoms with Gasteiger partial charge < -0.3 is 16.0 Å². The number of rotatable bonds is 4. The number of fused-ring (bicyclic) bond motifs is 1. The van der Waals surface area contributed by atoms with Crippen LogP contribution < -0.4 is 11.1 Å². The van der Waals surface area contributed by atoms with Crippen molar-refractivity contribution in [2.75, 3.05) is 5.32 Å². The van der Waals surface area contributed by atoms with Crippen molar-refractivity contribution in [2.24, 2.45) is 11.1 Å². The fraction of sp³-hybridized carbons (Fsp3) is 0.300. The maximum atomic E-state index is 13.8. The molecule has 3 aromatic rings. The van der Waals surface area contributed by atoms with E-state index in [-0.39, 0.29) is 17.1 Å². The molecular formula is C20H23FN4O. The lowest BCUT2D eigenvalue weighted by Crippen LogP contribution is -2.45. The SMILES string of the molecule is CC(C)(C)[C@H](N)C(=O)Nc1ccc2nc(Cc3ccccc3F)[nH]c2c1. The predicted molar refractivity (Wildman–Crippen MR) is 101 cm³/mol. The molecule has 4 N–H and O–H groups in total. The Morgan fingerprint density at radius 2 is 2.00 bits per heavy atom. The molecule has 2 aromatic carbocycles. The van der Waals surface area contributed by atoms with Gasteiger partial charge in [0.05, 0.1) is 17.1 Å². The molecule has 136 valence electrons. The number of hydrogen-bond donors (Lipinski definition) is 3. The molecule has 0 aliphatic heterocycles. The Bertz CT molecular complexity index is 942. The third-order valence-corrected chi connectivity index (χ3v) is 4.33. The van der Waals surface area contributed by atoms with Crippen LogP contribution in [-0.2, 0) is 11.2 Å². The Morgan fingerprint density at radius 3 is 2.69 bits per heavy atom. The molecule has 5 nitrogen and oxygen atoms in total. The Kier molecular flexibility index (Phi) is 4.78. The predicted octanol–water partition coefficient (Wildman–Crippen LogP) is 3.60. The minimum absolute atomic E-state index is 0.233. The Morgan fingerprint density at radius 1 is 1.27 bits per heavy atom. The minimum Gasteiger partial charge on any atom is -0.342 e. The van der Waals surface area contributed by atoms with Gasteiger partial charge in [-0.3, -0.25) is 4.79 Å². The van der Waals surface area contributed by atoms with E-state index in [1.165, 1.54) is 6.07 Å². The highest BCUT2D eigenvalue weighted by Crippen LogP contribution is 2.22. The number of aromatic nitrogens is 2. The average molecular weight is 354 g/mol. The number of nitrogens with zero attached hydrogens (tertiary/aromatic N) is 1. The van der Waals surface area contributed by atoms with Gasteiger partial charge in [0.25, 0.3) is 0 Å². The van der Waals surface area contributed by atoms with Crippen LogP contribution in [0.15, 0.2) is 42.5 Å². The summed E-state index contributed by atoms with van der Waals surface area (Å²) in [6.45, 7) is 5.76. The van der Waals surface area contributed by atoms with Gasteiger partial charge in [0, 0.05) is 12.1 Å². The van der Waals surface area contributed by atoms with Gasteiger partial charge in [0.1, 0.15) is 11.6 Å². The zero-order valence-corrected chi connectivity index (χ0v) is 15.1. The number of aromatic amines is 1. The maximum absolute atomic E-state index is 13.8. The average Bonchev–Trinajstić information content (AvgIpc) is 2.97. The number of halogens is 1. The van der Waals surface area contributed by atoms with Gasteiger partial charge in [-0.05, 0) is 35.2 Å². The number of anilines is 1. The first-order valence-electron chi connectivity index (χ1n) is 8.52. The molecule has 0 unspecified atom stereocenters. The topological polar surface area (TPSA) is 83.8 Å². The number of nitrogens with two attached hydrogens (primary N) is 1. The molecule has 0 spiro atoms. The number of imidazole rings is 1. The molecule has 1 amide bonds. The van der Waals surface area contributed by atoms with Crippen LogP contribution in [0.2, 0.25) is 0 Å². The summed E-state index contributed by atoms with van der Waals surface area (Å²) >= 11 is 0. The highest BCUT2D eigenvalue weighted by Gasteiger charge is 2.27. The molecule has 3 rings (SSSR count).